The van der Waals surface area contributed by atoms with Gasteiger partial charge in [-0.2, -0.15) is 0 Å². The van der Waals surface area contributed by atoms with Gasteiger partial charge in [0.25, 0.3) is 0 Å². The Bertz CT molecular complexity index is 2670. The Kier molecular flexibility index (Phi) is 4.21. The van der Waals surface area contributed by atoms with E-state index in [4.69, 9.17) is 0 Å². The summed E-state index contributed by atoms with van der Waals surface area (Å²) in [5.41, 5.74) is 9.99. The van der Waals surface area contributed by atoms with Crippen LogP contribution in [-0.4, -0.2) is 8.97 Å². The number of hydrogen-bond donors (Lipinski definition) is 0. The van der Waals surface area contributed by atoms with Crippen molar-refractivity contribution in [1.29, 1.82) is 0 Å². The lowest BCUT2D eigenvalue weighted by molar-refractivity contribution is 1.19. The van der Waals surface area contributed by atoms with Crippen molar-refractivity contribution in [1.82, 2.24) is 8.97 Å². The molecule has 10 aromatic rings. The fourth-order valence-electron chi connectivity index (χ4n) is 7.57. The van der Waals surface area contributed by atoms with E-state index in [0.29, 0.717) is 0 Å². The minimum Gasteiger partial charge on any atom is -0.309 e. The van der Waals surface area contributed by atoms with Crippen molar-refractivity contribution >= 4 is 70.7 Å². The molecule has 194 valence electrons. The van der Waals surface area contributed by atoms with Gasteiger partial charge in [-0.15, -0.1) is 0 Å². The lowest BCUT2D eigenvalue weighted by atomic mass is 9.98. The van der Waals surface area contributed by atoms with E-state index in [1.807, 2.05) is 0 Å². The number of benzene rings is 7. The van der Waals surface area contributed by atoms with Gasteiger partial charge < -0.3 is 8.97 Å². The SMILES string of the molecule is c1ccc(-c2cccc(-n3c4ccccc4c4c5c6cccc7c8ccccc8n(c76)c5c5ccccc5c43)c2)cc1. The fourth-order valence-corrected chi connectivity index (χ4v) is 7.57. The minimum atomic E-state index is 1.17. The molecular formula is C40H24N2. The van der Waals surface area contributed by atoms with Crippen molar-refractivity contribution < 1.29 is 0 Å². The summed E-state index contributed by atoms with van der Waals surface area (Å²) in [6, 6.07) is 53.2. The maximum atomic E-state index is 2.53. The highest BCUT2D eigenvalue weighted by atomic mass is 15.0. The summed E-state index contributed by atoms with van der Waals surface area (Å²) in [5, 5.41) is 10.4. The number of hydrogen-bond acceptors (Lipinski definition) is 0. The van der Waals surface area contributed by atoms with Crippen LogP contribution in [0.5, 0.6) is 0 Å². The van der Waals surface area contributed by atoms with Gasteiger partial charge in [0.05, 0.1) is 27.6 Å². The van der Waals surface area contributed by atoms with Crippen LogP contribution < -0.4 is 0 Å². The molecule has 0 saturated heterocycles. The van der Waals surface area contributed by atoms with Crippen molar-refractivity contribution in [3.05, 3.63) is 146 Å². The molecule has 7 aromatic carbocycles. The first kappa shape index (κ1) is 22.1. The lowest BCUT2D eigenvalue weighted by Crippen LogP contribution is -1.95. The Balaban J connectivity index is 1.48. The van der Waals surface area contributed by atoms with E-state index < -0.39 is 0 Å². The average molecular weight is 533 g/mol. The van der Waals surface area contributed by atoms with E-state index in [0.717, 1.165) is 0 Å². The molecular weight excluding hydrogens is 508 g/mol. The van der Waals surface area contributed by atoms with E-state index in [-0.39, 0.29) is 0 Å². The molecule has 0 radical (unpaired) electrons. The van der Waals surface area contributed by atoms with Gasteiger partial charge in [0, 0.05) is 48.8 Å². The Hall–Kier alpha value is -5.60. The first-order valence-electron chi connectivity index (χ1n) is 14.5. The van der Waals surface area contributed by atoms with Crippen LogP contribution in [0.1, 0.15) is 0 Å². The average Bonchev–Trinajstić information content (AvgIpc) is 3.71. The molecule has 0 bridgehead atoms. The summed E-state index contributed by atoms with van der Waals surface area (Å²) in [5.74, 6) is 0. The van der Waals surface area contributed by atoms with Gasteiger partial charge in [0.1, 0.15) is 0 Å². The first-order chi connectivity index (χ1) is 20.9. The summed E-state index contributed by atoms with van der Waals surface area (Å²) in [6.45, 7) is 0. The monoisotopic (exact) mass is 532 g/mol. The zero-order valence-corrected chi connectivity index (χ0v) is 22.8. The molecule has 0 atom stereocenters. The molecule has 0 unspecified atom stereocenters. The van der Waals surface area contributed by atoms with Crippen LogP contribution in [0.25, 0.3) is 87.5 Å². The zero-order chi connectivity index (χ0) is 27.4. The first-order valence-corrected chi connectivity index (χ1v) is 14.5. The number of para-hydroxylation sites is 3. The van der Waals surface area contributed by atoms with E-state index in [2.05, 4.69) is 155 Å². The van der Waals surface area contributed by atoms with Gasteiger partial charge >= 0.3 is 0 Å². The normalized spacial score (nSPS) is 12.3. The second-order valence-electron chi connectivity index (χ2n) is 11.3. The molecule has 0 fully saturated rings. The molecule has 42 heavy (non-hydrogen) atoms. The lowest BCUT2D eigenvalue weighted by Gasteiger charge is -2.13. The zero-order valence-electron chi connectivity index (χ0n) is 22.8. The maximum Gasteiger partial charge on any atom is 0.0627 e. The summed E-state index contributed by atoms with van der Waals surface area (Å²) in [7, 11) is 0. The maximum absolute atomic E-state index is 2.53. The quantitative estimate of drug-likeness (QED) is 0.209. The van der Waals surface area contributed by atoms with Gasteiger partial charge in [0.2, 0.25) is 0 Å². The van der Waals surface area contributed by atoms with Crippen molar-refractivity contribution in [3.63, 3.8) is 0 Å². The number of aromatic nitrogens is 2. The molecule has 10 rings (SSSR count). The standard InChI is InChI=1S/C40H24N2/c1-2-12-25(13-3-1)26-14-10-15-27(24-26)41-35-23-9-7-19-32(35)36-37-33-21-11-20-29-28-16-6-8-22-34(28)42(38(29)33)40(37)31-18-5-4-17-30(31)39(36)41/h1-24H. The van der Waals surface area contributed by atoms with E-state index in [1.165, 1.54) is 87.5 Å². The number of nitrogens with zero attached hydrogens (tertiary/aromatic N) is 2. The topological polar surface area (TPSA) is 9.34 Å². The molecule has 0 saturated carbocycles. The van der Waals surface area contributed by atoms with Crippen molar-refractivity contribution in [2.45, 2.75) is 0 Å². The van der Waals surface area contributed by atoms with Crippen LogP contribution in [-0.2, 0) is 0 Å². The van der Waals surface area contributed by atoms with Gasteiger partial charge in [0.15, 0.2) is 0 Å². The molecule has 0 aliphatic rings. The van der Waals surface area contributed by atoms with Crippen molar-refractivity contribution in [3.8, 4) is 16.8 Å². The molecule has 0 spiro atoms. The van der Waals surface area contributed by atoms with E-state index in [1.54, 1.807) is 0 Å². The summed E-state index contributed by atoms with van der Waals surface area (Å²) in [4.78, 5) is 0. The van der Waals surface area contributed by atoms with Crippen molar-refractivity contribution in [2.24, 2.45) is 0 Å². The molecule has 0 N–H and O–H groups in total. The number of rotatable bonds is 2. The van der Waals surface area contributed by atoms with Crippen LogP contribution in [0.4, 0.5) is 0 Å². The molecule has 2 heteroatoms. The van der Waals surface area contributed by atoms with Crippen LogP contribution in [0.15, 0.2) is 146 Å². The predicted octanol–water partition coefficient (Wildman–Crippen LogP) is 10.8. The molecule has 0 amide bonds. The fraction of sp³-hybridized carbons (Fsp3) is 0. The highest BCUT2D eigenvalue weighted by molar-refractivity contribution is 6.39. The second kappa shape index (κ2) is 7.99. The van der Waals surface area contributed by atoms with Crippen LogP contribution >= 0.6 is 0 Å². The Labute approximate surface area is 241 Å². The molecule has 0 aliphatic carbocycles. The third-order valence-corrected chi connectivity index (χ3v) is 9.20. The molecule has 3 aromatic heterocycles. The minimum absolute atomic E-state index is 1.17. The van der Waals surface area contributed by atoms with Gasteiger partial charge in [-0.25, -0.2) is 0 Å². The molecule has 0 aliphatic heterocycles. The third kappa shape index (κ3) is 2.69. The summed E-state index contributed by atoms with van der Waals surface area (Å²) in [6.07, 6.45) is 0. The largest absolute Gasteiger partial charge is 0.309 e. The van der Waals surface area contributed by atoms with Crippen molar-refractivity contribution in [2.75, 3.05) is 0 Å². The highest BCUT2D eigenvalue weighted by Crippen LogP contribution is 2.48. The Morgan fingerprint density at radius 3 is 1.71 bits per heavy atom. The van der Waals surface area contributed by atoms with Crippen LogP contribution in [0.2, 0.25) is 0 Å². The molecule has 3 heterocycles. The second-order valence-corrected chi connectivity index (χ2v) is 11.3. The van der Waals surface area contributed by atoms with Gasteiger partial charge in [-0.3, -0.25) is 0 Å². The van der Waals surface area contributed by atoms with Gasteiger partial charge in [-0.1, -0.05) is 121 Å². The smallest absolute Gasteiger partial charge is 0.0627 e. The number of fused-ring (bicyclic) bond motifs is 13. The highest BCUT2D eigenvalue weighted by Gasteiger charge is 2.25. The van der Waals surface area contributed by atoms with Crippen LogP contribution in [0.3, 0.4) is 0 Å². The Morgan fingerprint density at radius 2 is 0.881 bits per heavy atom. The van der Waals surface area contributed by atoms with Crippen LogP contribution in [0, 0.1) is 0 Å². The summed E-state index contributed by atoms with van der Waals surface area (Å²) >= 11 is 0. The van der Waals surface area contributed by atoms with Gasteiger partial charge in [-0.05, 0) is 35.4 Å². The molecule has 2 nitrogen and oxygen atoms in total. The summed E-state index contributed by atoms with van der Waals surface area (Å²) < 4.78 is 5.02. The predicted molar refractivity (Wildman–Crippen MR) is 178 cm³/mol. The third-order valence-electron chi connectivity index (χ3n) is 9.20. The van der Waals surface area contributed by atoms with E-state index >= 15 is 0 Å². The van der Waals surface area contributed by atoms with E-state index in [9.17, 15) is 0 Å². The Morgan fingerprint density at radius 1 is 0.333 bits per heavy atom.